The van der Waals surface area contributed by atoms with Gasteiger partial charge in [-0.15, -0.1) is 12.4 Å². The predicted octanol–water partition coefficient (Wildman–Crippen LogP) is 3.52. The van der Waals surface area contributed by atoms with Crippen molar-refractivity contribution in [2.24, 2.45) is 11.8 Å². The van der Waals surface area contributed by atoms with Crippen LogP contribution in [0.3, 0.4) is 0 Å². The highest BCUT2D eigenvalue weighted by Gasteiger charge is 2.47. The lowest BCUT2D eigenvalue weighted by atomic mass is 9.87. The highest BCUT2D eigenvalue weighted by molar-refractivity contribution is 5.95. The van der Waals surface area contributed by atoms with Gasteiger partial charge in [-0.2, -0.15) is 0 Å². The van der Waals surface area contributed by atoms with Gasteiger partial charge in [-0.1, -0.05) is 24.3 Å². The summed E-state index contributed by atoms with van der Waals surface area (Å²) < 4.78 is 0. The van der Waals surface area contributed by atoms with Gasteiger partial charge in [-0.25, -0.2) is 0 Å². The number of rotatable bonds is 3. The Bertz CT molecular complexity index is 805. The quantitative estimate of drug-likeness (QED) is 0.878. The van der Waals surface area contributed by atoms with Gasteiger partial charge in [0.1, 0.15) is 0 Å². The average molecular weight is 386 g/mol. The maximum absolute atomic E-state index is 13.3. The van der Waals surface area contributed by atoms with Gasteiger partial charge >= 0.3 is 0 Å². The number of nitrogens with zero attached hydrogens (tertiary/aromatic N) is 2. The van der Waals surface area contributed by atoms with Gasteiger partial charge in [0.2, 0.25) is 0 Å². The molecule has 2 aromatic rings. The fraction of sp³-hybridized carbons (Fsp3) is 0.409. The lowest BCUT2D eigenvalue weighted by Gasteiger charge is -2.30. The average Bonchev–Trinajstić information content (AvgIpc) is 3.23. The van der Waals surface area contributed by atoms with Gasteiger partial charge in [0.15, 0.2) is 0 Å². The number of fused-ring (bicyclic) bond motifs is 1. The fourth-order valence-electron chi connectivity index (χ4n) is 4.51. The molecule has 0 aromatic heterocycles. The van der Waals surface area contributed by atoms with E-state index in [1.54, 1.807) is 0 Å². The minimum Gasteiger partial charge on any atom is -0.378 e. The molecule has 0 saturated carbocycles. The van der Waals surface area contributed by atoms with Gasteiger partial charge in [-0.3, -0.25) is 4.79 Å². The largest absolute Gasteiger partial charge is 0.378 e. The number of carbonyl (C=O) groups excluding carboxylic acids is 1. The molecule has 2 aliphatic rings. The third kappa shape index (κ3) is 3.56. The molecule has 4 nitrogen and oxygen atoms in total. The van der Waals surface area contributed by atoms with Gasteiger partial charge in [-0.05, 0) is 48.2 Å². The van der Waals surface area contributed by atoms with Crippen molar-refractivity contribution in [2.45, 2.75) is 13.0 Å². The molecule has 3 atom stereocenters. The van der Waals surface area contributed by atoms with E-state index in [9.17, 15) is 4.79 Å². The van der Waals surface area contributed by atoms with Crippen molar-refractivity contribution in [1.29, 1.82) is 0 Å². The predicted molar refractivity (Wildman–Crippen MR) is 113 cm³/mol. The van der Waals surface area contributed by atoms with Crippen LogP contribution in [0.15, 0.2) is 48.5 Å². The lowest BCUT2D eigenvalue weighted by molar-refractivity contribution is 0.0713. The van der Waals surface area contributed by atoms with Crippen LogP contribution in [0.4, 0.5) is 5.69 Å². The SMILES string of the molecule is Cc1ccccc1[C@@H]1[C@H]2CNC[C@H]2CN1C(=O)c1ccc(N(C)C)cc1.Cl. The third-order valence-corrected chi connectivity index (χ3v) is 5.96. The number of likely N-dealkylation sites (tertiary alicyclic amines) is 1. The molecule has 0 radical (unpaired) electrons. The monoisotopic (exact) mass is 385 g/mol. The number of halogens is 1. The molecule has 1 amide bonds. The van der Waals surface area contributed by atoms with Gasteiger partial charge in [0, 0.05) is 50.9 Å². The summed E-state index contributed by atoms with van der Waals surface area (Å²) in [6.07, 6.45) is 0. The van der Waals surface area contributed by atoms with E-state index >= 15 is 0 Å². The summed E-state index contributed by atoms with van der Waals surface area (Å²) in [6, 6.07) is 16.6. The summed E-state index contributed by atoms with van der Waals surface area (Å²) in [4.78, 5) is 17.5. The van der Waals surface area contributed by atoms with E-state index in [0.29, 0.717) is 11.8 Å². The highest BCUT2D eigenvalue weighted by Crippen LogP contribution is 2.44. The Morgan fingerprint density at radius 3 is 2.44 bits per heavy atom. The Balaban J connectivity index is 0.00000210. The lowest BCUT2D eigenvalue weighted by Crippen LogP contribution is -2.35. The van der Waals surface area contributed by atoms with Crippen molar-refractivity contribution in [3.8, 4) is 0 Å². The minimum atomic E-state index is 0. The Morgan fingerprint density at radius 2 is 1.78 bits per heavy atom. The second kappa shape index (κ2) is 7.91. The molecule has 2 fully saturated rings. The van der Waals surface area contributed by atoms with Gasteiger partial charge in [0.05, 0.1) is 6.04 Å². The van der Waals surface area contributed by atoms with Crippen molar-refractivity contribution >= 4 is 24.0 Å². The number of hydrogen-bond acceptors (Lipinski definition) is 3. The zero-order valence-corrected chi connectivity index (χ0v) is 17.0. The number of hydrogen-bond donors (Lipinski definition) is 1. The van der Waals surface area contributed by atoms with Crippen LogP contribution in [0.1, 0.15) is 27.5 Å². The van der Waals surface area contributed by atoms with Crippen LogP contribution >= 0.6 is 12.4 Å². The second-order valence-electron chi connectivity index (χ2n) is 7.78. The van der Waals surface area contributed by atoms with Crippen molar-refractivity contribution < 1.29 is 4.79 Å². The maximum Gasteiger partial charge on any atom is 0.254 e. The van der Waals surface area contributed by atoms with Crippen LogP contribution in [0.25, 0.3) is 0 Å². The highest BCUT2D eigenvalue weighted by atomic mass is 35.5. The summed E-state index contributed by atoms with van der Waals surface area (Å²) in [6.45, 7) is 4.99. The molecule has 0 aliphatic carbocycles. The molecule has 2 saturated heterocycles. The Labute approximate surface area is 168 Å². The first kappa shape index (κ1) is 19.7. The topological polar surface area (TPSA) is 35.6 Å². The minimum absolute atomic E-state index is 0. The van der Waals surface area contributed by atoms with Crippen LogP contribution in [-0.4, -0.2) is 44.5 Å². The van der Waals surface area contributed by atoms with E-state index in [1.165, 1.54) is 11.1 Å². The van der Waals surface area contributed by atoms with Gasteiger partial charge in [0.25, 0.3) is 5.91 Å². The first-order valence-electron chi connectivity index (χ1n) is 9.41. The Hall–Kier alpha value is -2.04. The summed E-state index contributed by atoms with van der Waals surface area (Å²) in [5, 5.41) is 3.52. The number of carbonyl (C=O) groups is 1. The smallest absolute Gasteiger partial charge is 0.254 e. The number of benzene rings is 2. The molecule has 2 aromatic carbocycles. The summed E-state index contributed by atoms with van der Waals surface area (Å²) in [5.41, 5.74) is 4.45. The van der Waals surface area contributed by atoms with Crippen LogP contribution in [0.2, 0.25) is 0 Å². The van der Waals surface area contributed by atoms with Crippen LogP contribution in [0, 0.1) is 18.8 Å². The zero-order chi connectivity index (χ0) is 18.3. The van der Waals surface area contributed by atoms with Crippen molar-refractivity contribution in [1.82, 2.24) is 10.2 Å². The second-order valence-corrected chi connectivity index (χ2v) is 7.78. The molecule has 0 unspecified atom stereocenters. The number of nitrogens with one attached hydrogen (secondary N) is 1. The fourth-order valence-corrected chi connectivity index (χ4v) is 4.51. The molecular weight excluding hydrogens is 358 g/mol. The van der Waals surface area contributed by atoms with Crippen molar-refractivity contribution in [3.05, 3.63) is 65.2 Å². The number of amides is 1. The summed E-state index contributed by atoms with van der Waals surface area (Å²) in [5.74, 6) is 1.20. The van der Waals surface area contributed by atoms with E-state index in [2.05, 4.69) is 46.3 Å². The first-order chi connectivity index (χ1) is 12.6. The number of aryl methyl sites for hydroxylation is 1. The normalized spacial score (nSPS) is 23.7. The molecular formula is C22H28ClN3O. The molecule has 2 heterocycles. The van der Waals surface area contributed by atoms with E-state index in [4.69, 9.17) is 0 Å². The molecule has 5 heteroatoms. The van der Waals surface area contributed by atoms with Gasteiger partial charge < -0.3 is 15.1 Å². The van der Waals surface area contributed by atoms with E-state index in [1.807, 2.05) is 38.4 Å². The van der Waals surface area contributed by atoms with Crippen molar-refractivity contribution in [3.63, 3.8) is 0 Å². The third-order valence-electron chi connectivity index (χ3n) is 5.96. The number of anilines is 1. The molecule has 0 bridgehead atoms. The summed E-state index contributed by atoms with van der Waals surface area (Å²) in [7, 11) is 4.03. The molecule has 27 heavy (non-hydrogen) atoms. The Morgan fingerprint density at radius 1 is 1.07 bits per heavy atom. The zero-order valence-electron chi connectivity index (χ0n) is 16.2. The van der Waals surface area contributed by atoms with Crippen LogP contribution < -0.4 is 10.2 Å². The van der Waals surface area contributed by atoms with Crippen LogP contribution in [-0.2, 0) is 0 Å². The Kier molecular flexibility index (Phi) is 5.78. The van der Waals surface area contributed by atoms with E-state index < -0.39 is 0 Å². The molecule has 0 spiro atoms. The maximum atomic E-state index is 13.3. The summed E-state index contributed by atoms with van der Waals surface area (Å²) >= 11 is 0. The first-order valence-corrected chi connectivity index (χ1v) is 9.41. The standard InChI is InChI=1S/C22H27N3O.ClH/c1-15-6-4-5-7-19(15)21-20-13-23-12-17(20)14-25(21)22(26)16-8-10-18(11-9-16)24(2)3;/h4-11,17,20-21,23H,12-14H2,1-3H3;1H/t17-,20-,21+;/m0./s1. The molecule has 4 rings (SSSR count). The molecule has 2 aliphatic heterocycles. The van der Waals surface area contributed by atoms with Crippen molar-refractivity contribution in [2.75, 3.05) is 38.6 Å². The molecule has 1 N–H and O–H groups in total. The van der Waals surface area contributed by atoms with E-state index in [-0.39, 0.29) is 24.4 Å². The van der Waals surface area contributed by atoms with Crippen LogP contribution in [0.5, 0.6) is 0 Å². The van der Waals surface area contributed by atoms with E-state index in [0.717, 1.165) is 30.9 Å². The molecule has 144 valence electrons.